The first-order valence-electron chi connectivity index (χ1n) is 7.10. The van der Waals surface area contributed by atoms with Crippen molar-refractivity contribution in [2.24, 2.45) is 7.05 Å². The average Bonchev–Trinajstić information content (AvgIpc) is 2.95. The number of benzene rings is 1. The molecular formula is C16H14FN5O2. The summed E-state index contributed by atoms with van der Waals surface area (Å²) in [6.45, 7) is 0.297. The van der Waals surface area contributed by atoms with Crippen molar-refractivity contribution in [1.29, 1.82) is 0 Å². The summed E-state index contributed by atoms with van der Waals surface area (Å²) in [5.74, 6) is -0.280. The van der Waals surface area contributed by atoms with Gasteiger partial charge in [0.15, 0.2) is 0 Å². The molecule has 1 aromatic carbocycles. The third kappa shape index (κ3) is 3.22. The van der Waals surface area contributed by atoms with Crippen LogP contribution in [0.25, 0.3) is 11.3 Å². The highest BCUT2D eigenvalue weighted by Crippen LogP contribution is 2.18. The number of aromatic nitrogens is 4. The van der Waals surface area contributed by atoms with Crippen molar-refractivity contribution in [3.8, 4) is 11.3 Å². The van der Waals surface area contributed by atoms with Gasteiger partial charge in [0.05, 0.1) is 30.8 Å². The van der Waals surface area contributed by atoms with Crippen LogP contribution in [0.1, 0.15) is 16.3 Å². The van der Waals surface area contributed by atoms with Gasteiger partial charge in [-0.2, -0.15) is 0 Å². The molecule has 0 aliphatic rings. The van der Waals surface area contributed by atoms with E-state index in [4.69, 9.17) is 5.11 Å². The molecule has 0 saturated carbocycles. The van der Waals surface area contributed by atoms with Crippen LogP contribution in [-0.4, -0.2) is 30.6 Å². The first kappa shape index (κ1) is 15.6. The van der Waals surface area contributed by atoms with Crippen LogP contribution >= 0.6 is 0 Å². The summed E-state index contributed by atoms with van der Waals surface area (Å²) >= 11 is 0. The number of anilines is 1. The number of aromatic carboxylic acids is 1. The van der Waals surface area contributed by atoms with Gasteiger partial charge in [-0.3, -0.25) is 4.98 Å². The van der Waals surface area contributed by atoms with Crippen LogP contribution in [0.3, 0.4) is 0 Å². The Hall–Kier alpha value is -3.29. The lowest BCUT2D eigenvalue weighted by Gasteiger charge is -2.08. The number of halogens is 1. The molecule has 0 fully saturated rings. The van der Waals surface area contributed by atoms with Crippen molar-refractivity contribution in [3.63, 3.8) is 0 Å². The molecule has 0 bridgehead atoms. The molecule has 0 saturated heterocycles. The Morgan fingerprint density at radius 2 is 2.00 bits per heavy atom. The van der Waals surface area contributed by atoms with E-state index in [1.54, 1.807) is 31.6 Å². The number of imidazole rings is 1. The Bertz CT molecular complexity index is 876. The molecule has 0 spiro atoms. The average molecular weight is 327 g/mol. The van der Waals surface area contributed by atoms with Crippen molar-refractivity contribution in [2.75, 3.05) is 5.32 Å². The van der Waals surface area contributed by atoms with E-state index in [1.807, 2.05) is 0 Å². The predicted octanol–water partition coefficient (Wildman–Crippen LogP) is 2.33. The van der Waals surface area contributed by atoms with Crippen LogP contribution in [0.5, 0.6) is 0 Å². The highest BCUT2D eigenvalue weighted by molar-refractivity contribution is 5.85. The second kappa shape index (κ2) is 6.45. The van der Waals surface area contributed by atoms with Gasteiger partial charge in [-0.1, -0.05) is 0 Å². The highest BCUT2D eigenvalue weighted by Gasteiger charge is 2.12. The van der Waals surface area contributed by atoms with Crippen molar-refractivity contribution in [2.45, 2.75) is 6.54 Å². The lowest BCUT2D eigenvalue weighted by Crippen LogP contribution is -2.11. The van der Waals surface area contributed by atoms with Gasteiger partial charge in [-0.25, -0.2) is 19.2 Å². The van der Waals surface area contributed by atoms with E-state index in [-0.39, 0.29) is 11.5 Å². The van der Waals surface area contributed by atoms with E-state index in [0.717, 1.165) is 5.56 Å². The Labute approximate surface area is 136 Å². The van der Waals surface area contributed by atoms with E-state index in [9.17, 15) is 9.18 Å². The predicted molar refractivity (Wildman–Crippen MR) is 84.9 cm³/mol. The summed E-state index contributed by atoms with van der Waals surface area (Å²) in [5, 5.41) is 12.1. The van der Waals surface area contributed by atoms with Crippen molar-refractivity contribution in [3.05, 3.63) is 60.2 Å². The maximum Gasteiger partial charge on any atom is 0.354 e. The molecule has 3 aromatic rings. The molecule has 0 amide bonds. The fourth-order valence-electron chi connectivity index (χ4n) is 2.19. The molecule has 3 rings (SSSR count). The summed E-state index contributed by atoms with van der Waals surface area (Å²) < 4.78 is 14.5. The Kier molecular flexibility index (Phi) is 4.19. The number of carbonyl (C=O) groups is 1. The molecule has 2 aromatic heterocycles. The third-order valence-electron chi connectivity index (χ3n) is 3.51. The van der Waals surface area contributed by atoms with Crippen LogP contribution in [0.2, 0.25) is 0 Å². The number of carboxylic acids is 1. The summed E-state index contributed by atoms with van der Waals surface area (Å²) in [6.07, 6.45) is 4.44. The Balaban J connectivity index is 1.75. The first-order chi connectivity index (χ1) is 11.5. The zero-order valence-corrected chi connectivity index (χ0v) is 12.8. The zero-order chi connectivity index (χ0) is 17.1. The molecule has 2 N–H and O–H groups in total. The highest BCUT2D eigenvalue weighted by atomic mass is 19.1. The smallest absolute Gasteiger partial charge is 0.354 e. The fourth-order valence-corrected chi connectivity index (χ4v) is 2.19. The standard InChI is InChI=1S/C16H14FN5O2/c1-22-13(16(23)24)7-20-15(22)9-19-14-8-18-6-12(21-14)10-2-4-11(17)5-3-10/h2-8H,9H2,1H3,(H,19,21)(H,23,24). The zero-order valence-electron chi connectivity index (χ0n) is 12.8. The summed E-state index contributed by atoms with van der Waals surface area (Å²) in [7, 11) is 1.63. The maximum atomic E-state index is 13.0. The van der Waals surface area contributed by atoms with Gasteiger partial charge < -0.3 is 15.0 Å². The van der Waals surface area contributed by atoms with Gasteiger partial charge in [0.2, 0.25) is 0 Å². The number of hydrogen-bond donors (Lipinski definition) is 2. The Morgan fingerprint density at radius 1 is 1.25 bits per heavy atom. The summed E-state index contributed by atoms with van der Waals surface area (Å²) in [4.78, 5) is 23.6. The number of hydrogen-bond acceptors (Lipinski definition) is 5. The summed E-state index contributed by atoms with van der Waals surface area (Å²) in [6, 6.07) is 5.97. The topological polar surface area (TPSA) is 92.9 Å². The molecular weight excluding hydrogens is 313 g/mol. The van der Waals surface area contributed by atoms with E-state index in [0.29, 0.717) is 23.9 Å². The normalized spacial score (nSPS) is 10.6. The van der Waals surface area contributed by atoms with Crippen LogP contribution in [0.15, 0.2) is 42.9 Å². The molecule has 122 valence electrons. The second-order valence-electron chi connectivity index (χ2n) is 5.07. The number of carboxylic acid groups (broad SMARTS) is 1. The van der Waals surface area contributed by atoms with E-state index < -0.39 is 5.97 Å². The third-order valence-corrected chi connectivity index (χ3v) is 3.51. The van der Waals surface area contributed by atoms with Crippen molar-refractivity contribution >= 4 is 11.8 Å². The van der Waals surface area contributed by atoms with Gasteiger partial charge in [-0.15, -0.1) is 0 Å². The van der Waals surface area contributed by atoms with Gasteiger partial charge in [-0.05, 0) is 24.3 Å². The van der Waals surface area contributed by atoms with Gasteiger partial charge in [0, 0.05) is 12.6 Å². The van der Waals surface area contributed by atoms with Crippen molar-refractivity contribution < 1.29 is 14.3 Å². The second-order valence-corrected chi connectivity index (χ2v) is 5.07. The summed E-state index contributed by atoms with van der Waals surface area (Å²) in [5.41, 5.74) is 1.46. The minimum Gasteiger partial charge on any atom is -0.477 e. The molecule has 8 heteroatoms. The maximum absolute atomic E-state index is 13.0. The fraction of sp³-hybridized carbons (Fsp3) is 0.125. The lowest BCUT2D eigenvalue weighted by atomic mass is 10.1. The molecule has 0 aliphatic carbocycles. The van der Waals surface area contributed by atoms with Crippen molar-refractivity contribution in [1.82, 2.24) is 19.5 Å². The monoisotopic (exact) mass is 327 g/mol. The minimum atomic E-state index is -1.03. The van der Waals surface area contributed by atoms with Gasteiger partial charge in [0.25, 0.3) is 0 Å². The Morgan fingerprint density at radius 3 is 2.67 bits per heavy atom. The van der Waals surface area contributed by atoms with Crippen LogP contribution in [0.4, 0.5) is 10.2 Å². The first-order valence-corrected chi connectivity index (χ1v) is 7.10. The van der Waals surface area contributed by atoms with Gasteiger partial charge in [0.1, 0.15) is 23.2 Å². The molecule has 0 unspecified atom stereocenters. The molecule has 24 heavy (non-hydrogen) atoms. The molecule has 0 radical (unpaired) electrons. The van der Waals surface area contributed by atoms with E-state index in [2.05, 4.69) is 20.3 Å². The number of nitrogens with one attached hydrogen (secondary N) is 1. The van der Waals surface area contributed by atoms with E-state index >= 15 is 0 Å². The van der Waals surface area contributed by atoms with E-state index in [1.165, 1.54) is 22.9 Å². The quantitative estimate of drug-likeness (QED) is 0.747. The number of nitrogens with zero attached hydrogens (tertiary/aromatic N) is 4. The lowest BCUT2D eigenvalue weighted by molar-refractivity contribution is 0.0686. The SMILES string of the molecule is Cn1c(C(=O)O)cnc1CNc1cncc(-c2ccc(F)cc2)n1. The molecule has 7 nitrogen and oxygen atoms in total. The number of rotatable bonds is 5. The van der Waals surface area contributed by atoms with Crippen LogP contribution < -0.4 is 5.32 Å². The molecule has 0 aliphatic heterocycles. The van der Waals surface area contributed by atoms with Crippen LogP contribution in [-0.2, 0) is 13.6 Å². The molecule has 2 heterocycles. The largest absolute Gasteiger partial charge is 0.477 e. The van der Waals surface area contributed by atoms with Gasteiger partial charge >= 0.3 is 5.97 Å². The minimum absolute atomic E-state index is 0.109. The van der Waals surface area contributed by atoms with Crippen LogP contribution in [0, 0.1) is 5.82 Å². The molecule has 0 atom stereocenters.